The summed E-state index contributed by atoms with van der Waals surface area (Å²) in [6.45, 7) is 11.1. The van der Waals surface area contributed by atoms with Gasteiger partial charge in [-0.25, -0.2) is 0 Å². The quantitative estimate of drug-likeness (QED) is 0.362. The first kappa shape index (κ1) is 11.5. The first-order chi connectivity index (χ1) is 6.79. The standard InChI is InChI=1S/C10H19NO3/c1-10(2)14-9-13-8-5-11-3-6-12-7-4-11/h1,3-9H2,2H3. The Labute approximate surface area is 85.4 Å². The molecule has 0 N–H and O–H groups in total. The van der Waals surface area contributed by atoms with E-state index in [4.69, 9.17) is 14.2 Å². The number of allylic oxidation sites excluding steroid dienone is 1. The molecule has 1 rings (SSSR count). The molecule has 0 radical (unpaired) electrons. The normalized spacial score (nSPS) is 18.1. The fraction of sp³-hybridized carbons (Fsp3) is 0.800. The van der Waals surface area contributed by atoms with Crippen LogP contribution >= 0.6 is 0 Å². The van der Waals surface area contributed by atoms with Crippen LogP contribution in [0, 0.1) is 0 Å². The Morgan fingerprint density at radius 2 is 2.14 bits per heavy atom. The van der Waals surface area contributed by atoms with Gasteiger partial charge < -0.3 is 14.2 Å². The molecule has 0 spiro atoms. The van der Waals surface area contributed by atoms with Crippen molar-refractivity contribution in [3.05, 3.63) is 12.3 Å². The highest BCUT2D eigenvalue weighted by Gasteiger charge is 2.08. The third-order valence-corrected chi connectivity index (χ3v) is 2.04. The van der Waals surface area contributed by atoms with Gasteiger partial charge in [-0.05, 0) is 6.92 Å². The van der Waals surface area contributed by atoms with Gasteiger partial charge in [-0.1, -0.05) is 6.58 Å². The summed E-state index contributed by atoms with van der Waals surface area (Å²) in [5, 5.41) is 0. The molecule has 82 valence electrons. The van der Waals surface area contributed by atoms with Crippen LogP contribution in [0.2, 0.25) is 0 Å². The van der Waals surface area contributed by atoms with Gasteiger partial charge in [0.2, 0.25) is 0 Å². The zero-order valence-electron chi connectivity index (χ0n) is 8.83. The van der Waals surface area contributed by atoms with Crippen molar-refractivity contribution in [1.29, 1.82) is 0 Å². The topological polar surface area (TPSA) is 30.9 Å². The first-order valence-corrected chi connectivity index (χ1v) is 4.95. The van der Waals surface area contributed by atoms with E-state index < -0.39 is 0 Å². The van der Waals surface area contributed by atoms with Crippen molar-refractivity contribution in [3.63, 3.8) is 0 Å². The molecular formula is C10H19NO3. The number of ether oxygens (including phenoxy) is 3. The SMILES string of the molecule is C=C(C)OCOCCN1CCOCC1. The summed E-state index contributed by atoms with van der Waals surface area (Å²) in [6.07, 6.45) is 0. The maximum Gasteiger partial charge on any atom is 0.188 e. The summed E-state index contributed by atoms with van der Waals surface area (Å²) in [4.78, 5) is 2.32. The molecule has 1 aliphatic rings. The highest BCUT2D eigenvalue weighted by Crippen LogP contribution is 1.96. The summed E-state index contributed by atoms with van der Waals surface area (Å²) in [7, 11) is 0. The lowest BCUT2D eigenvalue weighted by molar-refractivity contribution is -0.0382. The number of rotatable bonds is 6. The molecule has 0 saturated carbocycles. The molecule has 0 aromatic rings. The van der Waals surface area contributed by atoms with Crippen LogP contribution in [0.25, 0.3) is 0 Å². The summed E-state index contributed by atoms with van der Waals surface area (Å²) in [6, 6.07) is 0. The minimum Gasteiger partial charge on any atom is -0.473 e. The molecule has 1 heterocycles. The first-order valence-electron chi connectivity index (χ1n) is 4.95. The van der Waals surface area contributed by atoms with Gasteiger partial charge in [0.1, 0.15) is 0 Å². The molecule has 1 fully saturated rings. The van der Waals surface area contributed by atoms with E-state index >= 15 is 0 Å². The smallest absolute Gasteiger partial charge is 0.188 e. The van der Waals surface area contributed by atoms with Gasteiger partial charge in [0.05, 0.1) is 25.6 Å². The zero-order chi connectivity index (χ0) is 10.2. The van der Waals surface area contributed by atoms with E-state index in [1.54, 1.807) is 0 Å². The van der Waals surface area contributed by atoms with Crippen LogP contribution in [0.4, 0.5) is 0 Å². The second-order valence-corrected chi connectivity index (χ2v) is 3.33. The van der Waals surface area contributed by atoms with Gasteiger partial charge in [-0.2, -0.15) is 0 Å². The number of hydrogen-bond donors (Lipinski definition) is 0. The largest absolute Gasteiger partial charge is 0.473 e. The molecule has 0 aromatic carbocycles. The zero-order valence-corrected chi connectivity index (χ0v) is 8.83. The average Bonchev–Trinajstić information content (AvgIpc) is 2.18. The molecular weight excluding hydrogens is 182 g/mol. The van der Waals surface area contributed by atoms with E-state index in [0.717, 1.165) is 32.8 Å². The van der Waals surface area contributed by atoms with E-state index in [0.29, 0.717) is 19.2 Å². The van der Waals surface area contributed by atoms with Crippen LogP contribution in [0.1, 0.15) is 6.92 Å². The molecule has 4 heteroatoms. The van der Waals surface area contributed by atoms with Crippen molar-refractivity contribution in [2.24, 2.45) is 0 Å². The lowest BCUT2D eigenvalue weighted by atomic mass is 10.4. The molecule has 14 heavy (non-hydrogen) atoms. The molecule has 1 saturated heterocycles. The van der Waals surface area contributed by atoms with Gasteiger partial charge in [0.25, 0.3) is 0 Å². The van der Waals surface area contributed by atoms with Crippen LogP contribution in [0.3, 0.4) is 0 Å². The molecule has 0 atom stereocenters. The third kappa shape index (κ3) is 5.21. The van der Waals surface area contributed by atoms with Crippen LogP contribution in [-0.2, 0) is 14.2 Å². The summed E-state index contributed by atoms with van der Waals surface area (Å²) in [5.74, 6) is 0.691. The van der Waals surface area contributed by atoms with Crippen molar-refractivity contribution in [3.8, 4) is 0 Å². The number of nitrogens with zero attached hydrogens (tertiary/aromatic N) is 1. The van der Waals surface area contributed by atoms with Crippen LogP contribution in [0.15, 0.2) is 12.3 Å². The summed E-state index contributed by atoms with van der Waals surface area (Å²) >= 11 is 0. The van der Waals surface area contributed by atoms with Gasteiger partial charge in [-0.15, -0.1) is 0 Å². The Kier molecular flexibility index (Phi) is 5.59. The molecule has 4 nitrogen and oxygen atoms in total. The van der Waals surface area contributed by atoms with E-state index in [1.165, 1.54) is 0 Å². The molecule has 0 unspecified atom stereocenters. The molecule has 1 aliphatic heterocycles. The Balaban J connectivity index is 1.90. The maximum atomic E-state index is 5.28. The van der Waals surface area contributed by atoms with Crippen LogP contribution < -0.4 is 0 Å². The molecule has 0 bridgehead atoms. The number of morpholine rings is 1. The van der Waals surface area contributed by atoms with Gasteiger partial charge >= 0.3 is 0 Å². The monoisotopic (exact) mass is 201 g/mol. The maximum absolute atomic E-state index is 5.28. The van der Waals surface area contributed by atoms with E-state index in [1.807, 2.05) is 6.92 Å². The van der Waals surface area contributed by atoms with Crippen molar-refractivity contribution in [2.45, 2.75) is 6.92 Å². The van der Waals surface area contributed by atoms with Crippen molar-refractivity contribution >= 4 is 0 Å². The van der Waals surface area contributed by atoms with E-state index in [2.05, 4.69) is 11.5 Å². The van der Waals surface area contributed by atoms with Crippen molar-refractivity contribution < 1.29 is 14.2 Å². The highest BCUT2D eigenvalue weighted by atomic mass is 16.7. The molecule has 0 aromatic heterocycles. The van der Waals surface area contributed by atoms with Crippen molar-refractivity contribution in [2.75, 3.05) is 46.2 Å². The predicted octanol–water partition coefficient (Wildman–Crippen LogP) is 0.843. The van der Waals surface area contributed by atoms with Crippen molar-refractivity contribution in [1.82, 2.24) is 4.90 Å². The third-order valence-electron chi connectivity index (χ3n) is 2.04. The van der Waals surface area contributed by atoms with Crippen LogP contribution in [0.5, 0.6) is 0 Å². The predicted molar refractivity (Wildman–Crippen MR) is 54.0 cm³/mol. The fourth-order valence-electron chi connectivity index (χ4n) is 1.22. The molecule has 0 aliphatic carbocycles. The summed E-state index contributed by atoms with van der Waals surface area (Å²) < 4.78 is 15.6. The Morgan fingerprint density at radius 1 is 1.43 bits per heavy atom. The van der Waals surface area contributed by atoms with E-state index in [-0.39, 0.29) is 0 Å². The Morgan fingerprint density at radius 3 is 2.79 bits per heavy atom. The highest BCUT2D eigenvalue weighted by molar-refractivity contribution is 4.72. The Hall–Kier alpha value is -0.580. The van der Waals surface area contributed by atoms with Crippen LogP contribution in [-0.4, -0.2) is 51.1 Å². The Bertz CT molecular complexity index is 167. The fourth-order valence-corrected chi connectivity index (χ4v) is 1.22. The number of hydrogen-bond acceptors (Lipinski definition) is 4. The lowest BCUT2D eigenvalue weighted by Crippen LogP contribution is -2.38. The average molecular weight is 201 g/mol. The van der Waals surface area contributed by atoms with Gasteiger partial charge in [-0.3, -0.25) is 4.90 Å². The minimum atomic E-state index is 0.305. The summed E-state index contributed by atoms with van der Waals surface area (Å²) in [5.41, 5.74) is 0. The van der Waals surface area contributed by atoms with Gasteiger partial charge in [0, 0.05) is 19.6 Å². The molecule has 0 amide bonds. The minimum absolute atomic E-state index is 0.305. The van der Waals surface area contributed by atoms with Gasteiger partial charge in [0.15, 0.2) is 6.79 Å². The second kappa shape index (κ2) is 6.81. The second-order valence-electron chi connectivity index (χ2n) is 3.33. The lowest BCUT2D eigenvalue weighted by Gasteiger charge is -2.26. The van der Waals surface area contributed by atoms with E-state index in [9.17, 15) is 0 Å².